The summed E-state index contributed by atoms with van der Waals surface area (Å²) in [6.07, 6.45) is 6.35. The summed E-state index contributed by atoms with van der Waals surface area (Å²) < 4.78 is 16.6. The summed E-state index contributed by atoms with van der Waals surface area (Å²) in [6, 6.07) is 11.3. The molecule has 0 atom stereocenters. The van der Waals surface area contributed by atoms with Gasteiger partial charge in [-0.25, -0.2) is 8.96 Å². The standard InChI is InChI=1S/C25H31FNSi/c1-16-14-23(17(2)18(3)24(16)26)25-22-11-10-21(15-19(22)12-13-27(25)4)28(5,6)20-8-7-9-20/h10-15,20H,7-9H2,1-6H3/q+1. The molecule has 0 amide bonds. The van der Waals surface area contributed by atoms with Gasteiger partial charge in [-0.2, -0.15) is 0 Å². The molecule has 3 aromatic rings. The molecule has 0 unspecified atom stereocenters. The number of fused-ring (bicyclic) bond motifs is 1. The maximum atomic E-state index is 14.4. The molecule has 1 aliphatic carbocycles. The van der Waals surface area contributed by atoms with Crippen molar-refractivity contribution in [1.29, 1.82) is 0 Å². The molecule has 0 aliphatic heterocycles. The van der Waals surface area contributed by atoms with Crippen molar-refractivity contribution in [3.8, 4) is 11.3 Å². The smallest absolute Gasteiger partial charge is 0.206 e. The Hall–Kier alpha value is -2.00. The van der Waals surface area contributed by atoms with E-state index < -0.39 is 8.07 Å². The van der Waals surface area contributed by atoms with Gasteiger partial charge >= 0.3 is 0 Å². The lowest BCUT2D eigenvalue weighted by Crippen LogP contribution is -2.48. The van der Waals surface area contributed by atoms with Crippen LogP contribution in [0.1, 0.15) is 36.0 Å². The summed E-state index contributed by atoms with van der Waals surface area (Å²) in [5.74, 6) is -0.0836. The van der Waals surface area contributed by atoms with E-state index in [2.05, 4.69) is 55.2 Å². The van der Waals surface area contributed by atoms with Crippen LogP contribution in [-0.2, 0) is 7.05 Å². The number of hydrogen-bond donors (Lipinski definition) is 0. The van der Waals surface area contributed by atoms with Gasteiger partial charge in [0.05, 0.1) is 19.0 Å². The molecule has 0 saturated heterocycles. The summed E-state index contributed by atoms with van der Waals surface area (Å²) in [7, 11) is 0.670. The van der Waals surface area contributed by atoms with Crippen LogP contribution in [-0.4, -0.2) is 8.07 Å². The van der Waals surface area contributed by atoms with Crippen molar-refractivity contribution < 1.29 is 8.96 Å². The molecular weight excluding hydrogens is 361 g/mol. The lowest BCUT2D eigenvalue weighted by molar-refractivity contribution is -0.659. The van der Waals surface area contributed by atoms with E-state index in [1.165, 1.54) is 35.7 Å². The molecule has 4 rings (SSSR count). The van der Waals surface area contributed by atoms with Crippen LogP contribution in [0.5, 0.6) is 0 Å². The van der Waals surface area contributed by atoms with E-state index in [-0.39, 0.29) is 5.82 Å². The molecule has 0 N–H and O–H groups in total. The summed E-state index contributed by atoms with van der Waals surface area (Å²) in [5.41, 5.74) is 5.73. The predicted molar refractivity (Wildman–Crippen MR) is 119 cm³/mol. The topological polar surface area (TPSA) is 3.88 Å². The first-order valence-electron chi connectivity index (χ1n) is 10.4. The fourth-order valence-electron chi connectivity index (χ4n) is 4.77. The molecule has 0 radical (unpaired) electrons. The van der Waals surface area contributed by atoms with Gasteiger partial charge in [-0.3, -0.25) is 0 Å². The number of hydrogen-bond acceptors (Lipinski definition) is 0. The minimum absolute atomic E-state index is 0.0836. The van der Waals surface area contributed by atoms with Crippen LogP contribution < -0.4 is 9.75 Å². The van der Waals surface area contributed by atoms with Crippen LogP contribution in [0.4, 0.5) is 4.39 Å². The van der Waals surface area contributed by atoms with Crippen molar-refractivity contribution in [2.75, 3.05) is 0 Å². The van der Waals surface area contributed by atoms with Crippen molar-refractivity contribution in [2.45, 2.75) is 58.7 Å². The highest BCUT2D eigenvalue weighted by Gasteiger charge is 2.37. The Bertz CT molecular complexity index is 1080. The molecule has 3 heteroatoms. The highest BCUT2D eigenvalue weighted by Crippen LogP contribution is 2.41. The minimum Gasteiger partial charge on any atom is -0.206 e. The van der Waals surface area contributed by atoms with Crippen molar-refractivity contribution in [2.24, 2.45) is 7.05 Å². The van der Waals surface area contributed by atoms with Crippen LogP contribution in [0.15, 0.2) is 36.5 Å². The van der Waals surface area contributed by atoms with Crippen molar-refractivity contribution in [3.05, 3.63) is 59.0 Å². The lowest BCUT2D eigenvalue weighted by atomic mass is 9.94. The first-order valence-corrected chi connectivity index (χ1v) is 13.5. The quantitative estimate of drug-likeness (QED) is 0.388. The second-order valence-corrected chi connectivity index (χ2v) is 14.1. The largest absolute Gasteiger partial charge is 0.220 e. The number of pyridine rings is 1. The average molecular weight is 393 g/mol. The van der Waals surface area contributed by atoms with Gasteiger partial charge in [-0.05, 0) is 60.5 Å². The van der Waals surface area contributed by atoms with E-state index in [9.17, 15) is 4.39 Å². The average Bonchev–Trinajstić information content (AvgIpc) is 2.61. The number of nitrogens with zero attached hydrogens (tertiary/aromatic N) is 1. The van der Waals surface area contributed by atoms with E-state index in [4.69, 9.17) is 0 Å². The van der Waals surface area contributed by atoms with E-state index in [1.54, 1.807) is 5.19 Å². The molecule has 1 fully saturated rings. The first-order chi connectivity index (χ1) is 13.2. The molecular formula is C25H31FNSi+. The van der Waals surface area contributed by atoms with E-state index >= 15 is 0 Å². The predicted octanol–water partition coefficient (Wildman–Crippen LogP) is 5.87. The van der Waals surface area contributed by atoms with Crippen LogP contribution >= 0.6 is 0 Å². The maximum Gasteiger partial charge on any atom is 0.220 e. The molecule has 1 aliphatic rings. The number of rotatable bonds is 3. The van der Waals surface area contributed by atoms with Gasteiger partial charge in [0.25, 0.3) is 0 Å². The van der Waals surface area contributed by atoms with Gasteiger partial charge < -0.3 is 0 Å². The first kappa shape index (κ1) is 19.3. The van der Waals surface area contributed by atoms with Crippen molar-refractivity contribution in [3.63, 3.8) is 0 Å². The molecule has 0 bridgehead atoms. The van der Waals surface area contributed by atoms with Gasteiger partial charge in [0.1, 0.15) is 12.9 Å². The lowest BCUT2D eigenvalue weighted by Gasteiger charge is -2.39. The summed E-state index contributed by atoms with van der Waals surface area (Å²) in [4.78, 5) is 0. The Kier molecular flexibility index (Phi) is 4.69. The van der Waals surface area contributed by atoms with Crippen LogP contribution in [0.3, 0.4) is 0 Å². The van der Waals surface area contributed by atoms with Crippen molar-refractivity contribution in [1.82, 2.24) is 0 Å². The Balaban J connectivity index is 1.92. The van der Waals surface area contributed by atoms with E-state index in [0.717, 1.165) is 22.2 Å². The molecule has 0 spiro atoms. The Labute approximate surface area is 169 Å². The zero-order valence-electron chi connectivity index (χ0n) is 18.0. The van der Waals surface area contributed by atoms with Crippen LogP contribution in [0.2, 0.25) is 18.6 Å². The monoisotopic (exact) mass is 392 g/mol. The normalized spacial score (nSPS) is 15.1. The summed E-state index contributed by atoms with van der Waals surface area (Å²) in [6.45, 7) is 10.8. The number of benzene rings is 2. The van der Waals surface area contributed by atoms with Gasteiger partial charge in [0.15, 0.2) is 6.20 Å². The fourth-order valence-corrected chi connectivity index (χ4v) is 8.13. The van der Waals surface area contributed by atoms with E-state index in [1.807, 2.05) is 26.8 Å². The highest BCUT2D eigenvalue weighted by atomic mass is 28.3. The molecule has 146 valence electrons. The number of halogens is 1. The zero-order valence-corrected chi connectivity index (χ0v) is 19.0. The zero-order chi connectivity index (χ0) is 20.2. The van der Waals surface area contributed by atoms with Crippen molar-refractivity contribution >= 4 is 24.0 Å². The molecule has 1 saturated carbocycles. The van der Waals surface area contributed by atoms with Gasteiger partial charge in [-0.15, -0.1) is 0 Å². The highest BCUT2D eigenvalue weighted by molar-refractivity contribution is 6.91. The Morgan fingerprint density at radius 1 is 1.00 bits per heavy atom. The maximum absolute atomic E-state index is 14.4. The summed E-state index contributed by atoms with van der Waals surface area (Å²) in [5, 5.41) is 4.11. The Morgan fingerprint density at radius 3 is 2.36 bits per heavy atom. The molecule has 1 heterocycles. The minimum atomic E-state index is -1.42. The molecule has 2 aromatic carbocycles. The summed E-state index contributed by atoms with van der Waals surface area (Å²) >= 11 is 0. The molecule has 1 nitrogen and oxygen atoms in total. The Morgan fingerprint density at radius 2 is 1.71 bits per heavy atom. The van der Waals surface area contributed by atoms with Gasteiger partial charge in [0.2, 0.25) is 5.69 Å². The third kappa shape index (κ3) is 2.91. The number of aromatic nitrogens is 1. The second-order valence-electron chi connectivity index (χ2n) is 9.23. The van der Waals surface area contributed by atoms with Gasteiger partial charge in [-0.1, -0.05) is 49.7 Å². The number of aryl methyl sites for hydroxylation is 2. The SMILES string of the molecule is Cc1cc(-c2c3ccc([Si](C)(C)C4CCC4)cc3cc[n+]2C)c(C)c(C)c1F. The van der Waals surface area contributed by atoms with E-state index in [0.29, 0.717) is 5.56 Å². The third-order valence-electron chi connectivity index (χ3n) is 7.26. The second kappa shape index (κ2) is 6.80. The molecule has 28 heavy (non-hydrogen) atoms. The van der Waals surface area contributed by atoms with Gasteiger partial charge in [0, 0.05) is 6.07 Å². The third-order valence-corrected chi connectivity index (χ3v) is 11.7. The van der Waals surface area contributed by atoms with Crippen LogP contribution in [0.25, 0.3) is 22.0 Å². The fraction of sp³-hybridized carbons (Fsp3) is 0.400. The molecule has 1 aromatic heterocycles. The van der Waals surface area contributed by atoms with Crippen LogP contribution in [0, 0.1) is 26.6 Å².